The number of esters is 1. The molecule has 0 atom stereocenters. The molecule has 0 radical (unpaired) electrons. The summed E-state index contributed by atoms with van der Waals surface area (Å²) in [5.41, 5.74) is 0. The van der Waals surface area contributed by atoms with E-state index in [1.165, 1.54) is 57.8 Å². The van der Waals surface area contributed by atoms with Gasteiger partial charge in [0.2, 0.25) is 0 Å². The molecule has 106 valence electrons. The quantitative estimate of drug-likeness (QED) is 0.351. The van der Waals surface area contributed by atoms with E-state index in [0.717, 1.165) is 19.3 Å². The average molecular weight is 254 g/mol. The highest BCUT2D eigenvalue weighted by atomic mass is 16.5. The lowest BCUT2D eigenvalue weighted by molar-refractivity contribution is -0.149. The van der Waals surface area contributed by atoms with Gasteiger partial charge in [-0.1, -0.05) is 64.7 Å². The molecule has 1 fully saturated rings. The monoisotopic (exact) mass is 254 g/mol. The fourth-order valence-corrected chi connectivity index (χ4v) is 2.69. The lowest BCUT2D eigenvalue weighted by Crippen LogP contribution is -2.17. The van der Waals surface area contributed by atoms with E-state index in [1.807, 2.05) is 0 Å². The highest BCUT2D eigenvalue weighted by Crippen LogP contribution is 2.23. The maximum absolute atomic E-state index is 11.9. The third-order valence-corrected chi connectivity index (χ3v) is 3.93. The summed E-state index contributed by atoms with van der Waals surface area (Å²) in [6.45, 7) is 2.87. The van der Waals surface area contributed by atoms with Crippen LogP contribution in [0, 0.1) is 5.92 Å². The Morgan fingerprint density at radius 3 is 2.22 bits per heavy atom. The summed E-state index contributed by atoms with van der Waals surface area (Å²) in [6, 6.07) is 0. The Kier molecular flexibility index (Phi) is 8.97. The zero-order valence-corrected chi connectivity index (χ0v) is 12.1. The van der Waals surface area contributed by atoms with Crippen LogP contribution in [0.3, 0.4) is 0 Å². The normalized spacial score (nSPS) is 17.4. The van der Waals surface area contributed by atoms with E-state index < -0.39 is 0 Å². The molecule has 0 spiro atoms. The van der Waals surface area contributed by atoms with Crippen LogP contribution in [0.4, 0.5) is 0 Å². The third-order valence-electron chi connectivity index (χ3n) is 3.93. The summed E-state index contributed by atoms with van der Waals surface area (Å²) in [5, 5.41) is 0. The van der Waals surface area contributed by atoms with Gasteiger partial charge >= 0.3 is 5.97 Å². The minimum Gasteiger partial charge on any atom is -0.465 e. The Morgan fingerprint density at radius 2 is 1.56 bits per heavy atom. The molecule has 18 heavy (non-hydrogen) atoms. The number of carbonyl (C=O) groups excluding carboxylic acids is 1. The summed E-state index contributed by atoms with van der Waals surface area (Å²) in [5.74, 6) is 0.276. The molecule has 1 rings (SSSR count). The van der Waals surface area contributed by atoms with Crippen LogP contribution < -0.4 is 0 Å². The molecule has 0 unspecified atom stereocenters. The smallest absolute Gasteiger partial charge is 0.308 e. The number of unbranched alkanes of at least 4 members (excludes halogenated alkanes) is 5. The van der Waals surface area contributed by atoms with Crippen molar-refractivity contribution in [1.29, 1.82) is 0 Å². The summed E-state index contributed by atoms with van der Waals surface area (Å²) < 4.78 is 5.40. The second-order valence-electron chi connectivity index (χ2n) is 5.62. The lowest BCUT2D eigenvalue weighted by atomic mass is 10.0. The van der Waals surface area contributed by atoms with Gasteiger partial charge < -0.3 is 4.74 Å². The van der Waals surface area contributed by atoms with Gasteiger partial charge in [-0.05, 0) is 19.3 Å². The molecule has 1 saturated carbocycles. The molecule has 0 saturated heterocycles. The zero-order chi connectivity index (χ0) is 13.1. The summed E-state index contributed by atoms with van der Waals surface area (Å²) in [7, 11) is 0. The molecule has 0 aromatic heterocycles. The van der Waals surface area contributed by atoms with Crippen molar-refractivity contribution in [2.75, 3.05) is 6.61 Å². The van der Waals surface area contributed by atoms with E-state index in [9.17, 15) is 4.79 Å². The molecular weight excluding hydrogens is 224 g/mol. The Labute approximate surface area is 112 Å². The molecule has 0 bridgehead atoms. The van der Waals surface area contributed by atoms with E-state index in [-0.39, 0.29) is 11.9 Å². The van der Waals surface area contributed by atoms with E-state index in [0.29, 0.717) is 6.61 Å². The third kappa shape index (κ3) is 7.03. The largest absolute Gasteiger partial charge is 0.465 e. The van der Waals surface area contributed by atoms with Crippen molar-refractivity contribution in [3.05, 3.63) is 0 Å². The molecular formula is C16H30O2. The lowest BCUT2D eigenvalue weighted by Gasteiger charge is -2.13. The predicted octanol–water partition coefficient (Wildman–Crippen LogP) is 4.86. The molecule has 2 nitrogen and oxygen atoms in total. The Hall–Kier alpha value is -0.530. The van der Waals surface area contributed by atoms with Crippen LogP contribution in [0.25, 0.3) is 0 Å². The second kappa shape index (κ2) is 10.4. The number of hydrogen-bond acceptors (Lipinski definition) is 2. The van der Waals surface area contributed by atoms with E-state index >= 15 is 0 Å². The average Bonchev–Trinajstić information content (AvgIpc) is 2.66. The first-order chi connectivity index (χ1) is 8.84. The number of hydrogen-bond donors (Lipinski definition) is 0. The number of carbonyl (C=O) groups is 1. The van der Waals surface area contributed by atoms with Crippen LogP contribution in [-0.4, -0.2) is 12.6 Å². The molecule has 0 heterocycles. The molecule has 0 N–H and O–H groups in total. The Balaban J connectivity index is 1.98. The molecule has 2 heteroatoms. The molecule has 1 aliphatic carbocycles. The van der Waals surface area contributed by atoms with Crippen molar-refractivity contribution >= 4 is 5.97 Å². The first kappa shape index (κ1) is 15.5. The highest BCUT2D eigenvalue weighted by molar-refractivity contribution is 5.72. The van der Waals surface area contributed by atoms with Crippen LogP contribution in [0.5, 0.6) is 0 Å². The first-order valence-corrected chi connectivity index (χ1v) is 8.01. The predicted molar refractivity (Wildman–Crippen MR) is 75.5 cm³/mol. The van der Waals surface area contributed by atoms with Crippen molar-refractivity contribution in [3.8, 4) is 0 Å². The van der Waals surface area contributed by atoms with Gasteiger partial charge in [0.15, 0.2) is 0 Å². The molecule has 0 aromatic rings. The van der Waals surface area contributed by atoms with Gasteiger partial charge in [-0.15, -0.1) is 0 Å². The molecule has 0 aliphatic heterocycles. The zero-order valence-electron chi connectivity index (χ0n) is 12.1. The maximum Gasteiger partial charge on any atom is 0.308 e. The summed E-state index contributed by atoms with van der Waals surface area (Å²) in [4.78, 5) is 11.9. The van der Waals surface area contributed by atoms with Gasteiger partial charge in [0.1, 0.15) is 0 Å². The van der Waals surface area contributed by atoms with Crippen molar-refractivity contribution in [2.24, 2.45) is 5.92 Å². The Bertz CT molecular complexity index is 205. The molecule has 1 aliphatic rings. The van der Waals surface area contributed by atoms with Crippen LogP contribution in [0.1, 0.15) is 84.0 Å². The number of rotatable bonds is 8. The fraction of sp³-hybridized carbons (Fsp3) is 0.938. The van der Waals surface area contributed by atoms with Gasteiger partial charge in [-0.25, -0.2) is 0 Å². The van der Waals surface area contributed by atoms with Crippen LogP contribution in [0.2, 0.25) is 0 Å². The topological polar surface area (TPSA) is 26.3 Å². The van der Waals surface area contributed by atoms with Gasteiger partial charge in [0.25, 0.3) is 0 Å². The van der Waals surface area contributed by atoms with Gasteiger partial charge in [-0.2, -0.15) is 0 Å². The van der Waals surface area contributed by atoms with Crippen molar-refractivity contribution in [2.45, 2.75) is 84.0 Å². The van der Waals surface area contributed by atoms with Gasteiger partial charge in [0, 0.05) is 0 Å². The van der Waals surface area contributed by atoms with E-state index in [4.69, 9.17) is 4.74 Å². The van der Waals surface area contributed by atoms with Gasteiger partial charge in [-0.3, -0.25) is 4.79 Å². The summed E-state index contributed by atoms with van der Waals surface area (Å²) in [6.07, 6.45) is 14.6. The highest BCUT2D eigenvalue weighted by Gasteiger charge is 2.20. The van der Waals surface area contributed by atoms with Crippen molar-refractivity contribution < 1.29 is 9.53 Å². The maximum atomic E-state index is 11.9. The van der Waals surface area contributed by atoms with Crippen LogP contribution in [-0.2, 0) is 9.53 Å². The molecule has 0 amide bonds. The van der Waals surface area contributed by atoms with Crippen molar-refractivity contribution in [3.63, 3.8) is 0 Å². The van der Waals surface area contributed by atoms with E-state index in [1.54, 1.807) is 0 Å². The Morgan fingerprint density at radius 1 is 0.944 bits per heavy atom. The fourth-order valence-electron chi connectivity index (χ4n) is 2.69. The first-order valence-electron chi connectivity index (χ1n) is 8.01. The summed E-state index contributed by atoms with van der Waals surface area (Å²) >= 11 is 0. The minimum atomic E-state index is 0.0745. The van der Waals surface area contributed by atoms with E-state index in [2.05, 4.69) is 6.92 Å². The second-order valence-corrected chi connectivity index (χ2v) is 5.62. The number of ether oxygens (including phenoxy) is 1. The van der Waals surface area contributed by atoms with Gasteiger partial charge in [0.05, 0.1) is 12.5 Å². The standard InChI is InChI=1S/C16H30O2/c1-2-3-4-5-8-11-14-18-16(17)15-12-9-6-7-10-13-15/h15H,2-14H2,1H3. The van der Waals surface area contributed by atoms with Crippen LogP contribution in [0.15, 0.2) is 0 Å². The molecule has 0 aromatic carbocycles. The van der Waals surface area contributed by atoms with Crippen molar-refractivity contribution in [1.82, 2.24) is 0 Å². The van der Waals surface area contributed by atoms with Crippen LogP contribution >= 0.6 is 0 Å². The SMILES string of the molecule is CCCCCCCCOC(=O)C1CCCCCC1. The minimum absolute atomic E-state index is 0.0745.